The standard InChI is InChI=1S/C15H29N3/c1-4-6-8-10-14(3)15(11-9-7-5-2)18-13-12-16-17-18/h15H,3-13H2,1-2H3. The van der Waals surface area contributed by atoms with Gasteiger partial charge in [0.05, 0.1) is 19.1 Å². The van der Waals surface area contributed by atoms with Crippen molar-refractivity contribution in [1.29, 1.82) is 0 Å². The van der Waals surface area contributed by atoms with Crippen LogP contribution in [0.5, 0.6) is 0 Å². The summed E-state index contributed by atoms with van der Waals surface area (Å²) >= 11 is 0. The predicted molar refractivity (Wildman–Crippen MR) is 77.6 cm³/mol. The van der Waals surface area contributed by atoms with Crippen LogP contribution in [0.4, 0.5) is 0 Å². The Morgan fingerprint density at radius 1 is 1.17 bits per heavy atom. The highest BCUT2D eigenvalue weighted by atomic mass is 15.6. The van der Waals surface area contributed by atoms with Crippen molar-refractivity contribution in [3.05, 3.63) is 12.2 Å². The van der Waals surface area contributed by atoms with E-state index in [1.54, 1.807) is 0 Å². The van der Waals surface area contributed by atoms with E-state index in [-0.39, 0.29) is 0 Å². The van der Waals surface area contributed by atoms with E-state index in [1.165, 1.54) is 50.5 Å². The Kier molecular flexibility index (Phi) is 7.70. The molecule has 1 atom stereocenters. The lowest BCUT2D eigenvalue weighted by atomic mass is 9.96. The smallest absolute Gasteiger partial charge is 0.0813 e. The first-order chi connectivity index (χ1) is 8.79. The molecule has 0 fully saturated rings. The van der Waals surface area contributed by atoms with Gasteiger partial charge in [0.2, 0.25) is 0 Å². The van der Waals surface area contributed by atoms with Crippen molar-refractivity contribution in [2.24, 2.45) is 10.3 Å². The molecular weight excluding hydrogens is 222 g/mol. The number of unbranched alkanes of at least 4 members (excludes halogenated alkanes) is 4. The van der Waals surface area contributed by atoms with Crippen LogP contribution in [0.3, 0.4) is 0 Å². The third-order valence-electron chi connectivity index (χ3n) is 3.62. The Morgan fingerprint density at radius 3 is 2.50 bits per heavy atom. The second-order valence-electron chi connectivity index (χ2n) is 5.24. The summed E-state index contributed by atoms with van der Waals surface area (Å²) in [6, 6.07) is 0.430. The summed E-state index contributed by atoms with van der Waals surface area (Å²) in [5.41, 5.74) is 1.36. The van der Waals surface area contributed by atoms with Crippen LogP contribution >= 0.6 is 0 Å². The minimum absolute atomic E-state index is 0.430. The van der Waals surface area contributed by atoms with Crippen LogP contribution in [0.25, 0.3) is 0 Å². The summed E-state index contributed by atoms with van der Waals surface area (Å²) in [6.07, 6.45) is 10.1. The Balaban J connectivity index is 2.41. The molecule has 18 heavy (non-hydrogen) atoms. The highest BCUT2D eigenvalue weighted by Crippen LogP contribution is 2.23. The van der Waals surface area contributed by atoms with Crippen LogP contribution in [-0.4, -0.2) is 24.1 Å². The molecule has 3 heteroatoms. The molecule has 1 rings (SSSR count). The van der Waals surface area contributed by atoms with Gasteiger partial charge in [0.1, 0.15) is 0 Å². The van der Waals surface area contributed by atoms with Crippen LogP contribution in [-0.2, 0) is 0 Å². The van der Waals surface area contributed by atoms with Crippen molar-refractivity contribution >= 4 is 0 Å². The molecule has 1 unspecified atom stereocenters. The Labute approximate surface area is 112 Å². The van der Waals surface area contributed by atoms with Gasteiger partial charge in [-0.25, -0.2) is 0 Å². The van der Waals surface area contributed by atoms with E-state index in [9.17, 15) is 0 Å². The van der Waals surface area contributed by atoms with E-state index in [1.807, 2.05) is 0 Å². The zero-order valence-electron chi connectivity index (χ0n) is 12.2. The molecule has 0 spiro atoms. The molecule has 0 aromatic heterocycles. The lowest BCUT2D eigenvalue weighted by molar-refractivity contribution is 0.236. The summed E-state index contributed by atoms with van der Waals surface area (Å²) in [5, 5.41) is 10.5. The molecule has 104 valence electrons. The topological polar surface area (TPSA) is 28.0 Å². The van der Waals surface area contributed by atoms with Gasteiger partial charge in [-0.05, 0) is 19.3 Å². The SMILES string of the molecule is C=C(CCCCC)C(CCCCC)N1CCN=N1. The first-order valence-electron chi connectivity index (χ1n) is 7.61. The Bertz CT molecular complexity index is 260. The fourth-order valence-electron chi connectivity index (χ4n) is 2.46. The first-order valence-corrected chi connectivity index (χ1v) is 7.61. The quantitative estimate of drug-likeness (QED) is 0.406. The van der Waals surface area contributed by atoms with Gasteiger partial charge in [-0.3, -0.25) is 5.01 Å². The van der Waals surface area contributed by atoms with E-state index >= 15 is 0 Å². The third kappa shape index (κ3) is 5.19. The summed E-state index contributed by atoms with van der Waals surface area (Å²) in [7, 11) is 0. The third-order valence-corrected chi connectivity index (χ3v) is 3.62. The number of hydrogen-bond donors (Lipinski definition) is 0. The molecule has 0 saturated carbocycles. The van der Waals surface area contributed by atoms with Gasteiger partial charge in [-0.15, -0.1) is 0 Å². The molecule has 0 bridgehead atoms. The van der Waals surface area contributed by atoms with Crippen molar-refractivity contribution in [2.45, 2.75) is 71.3 Å². The van der Waals surface area contributed by atoms with Crippen LogP contribution in [0, 0.1) is 0 Å². The van der Waals surface area contributed by atoms with Gasteiger partial charge in [0, 0.05) is 0 Å². The van der Waals surface area contributed by atoms with Crippen LogP contribution in [0.1, 0.15) is 65.2 Å². The fraction of sp³-hybridized carbons (Fsp3) is 0.867. The van der Waals surface area contributed by atoms with Crippen molar-refractivity contribution in [2.75, 3.05) is 13.1 Å². The molecular formula is C15H29N3. The molecule has 0 aromatic carbocycles. The summed E-state index contributed by atoms with van der Waals surface area (Å²) in [6.45, 7) is 10.6. The Hall–Kier alpha value is -0.860. The lowest BCUT2D eigenvalue weighted by Gasteiger charge is -2.27. The van der Waals surface area contributed by atoms with Gasteiger partial charge >= 0.3 is 0 Å². The van der Waals surface area contributed by atoms with Crippen LogP contribution < -0.4 is 0 Å². The molecule has 0 radical (unpaired) electrons. The van der Waals surface area contributed by atoms with Gasteiger partial charge in [0.25, 0.3) is 0 Å². The van der Waals surface area contributed by atoms with E-state index in [2.05, 4.69) is 35.8 Å². The van der Waals surface area contributed by atoms with Gasteiger partial charge in [-0.2, -0.15) is 5.11 Å². The van der Waals surface area contributed by atoms with E-state index in [0.717, 1.165) is 19.5 Å². The zero-order chi connectivity index (χ0) is 13.2. The van der Waals surface area contributed by atoms with Crippen molar-refractivity contribution in [3.63, 3.8) is 0 Å². The normalized spacial score (nSPS) is 16.2. The fourth-order valence-corrected chi connectivity index (χ4v) is 2.46. The molecule has 1 aliphatic rings. The van der Waals surface area contributed by atoms with Crippen molar-refractivity contribution in [3.8, 4) is 0 Å². The van der Waals surface area contributed by atoms with Gasteiger partial charge in [-0.1, -0.05) is 63.3 Å². The van der Waals surface area contributed by atoms with Crippen LogP contribution in [0.2, 0.25) is 0 Å². The maximum atomic E-state index is 4.31. The predicted octanol–water partition coefficient (Wildman–Crippen LogP) is 4.75. The minimum Gasteiger partial charge on any atom is -0.270 e. The van der Waals surface area contributed by atoms with Gasteiger partial charge in [0.15, 0.2) is 0 Å². The molecule has 3 nitrogen and oxygen atoms in total. The lowest BCUT2D eigenvalue weighted by Crippen LogP contribution is -2.31. The average Bonchev–Trinajstić information content (AvgIpc) is 2.88. The second kappa shape index (κ2) is 9.12. The van der Waals surface area contributed by atoms with Crippen LogP contribution in [0.15, 0.2) is 22.5 Å². The molecule has 0 amide bonds. The monoisotopic (exact) mass is 251 g/mol. The van der Waals surface area contributed by atoms with E-state index in [0.29, 0.717) is 6.04 Å². The molecule has 1 heterocycles. The summed E-state index contributed by atoms with van der Waals surface area (Å²) < 4.78 is 0. The highest BCUT2D eigenvalue weighted by Gasteiger charge is 2.21. The summed E-state index contributed by atoms with van der Waals surface area (Å²) in [4.78, 5) is 0. The number of hydrogen-bond acceptors (Lipinski definition) is 3. The zero-order valence-corrected chi connectivity index (χ0v) is 12.2. The molecule has 1 aliphatic heterocycles. The maximum Gasteiger partial charge on any atom is 0.0813 e. The molecule has 0 N–H and O–H groups in total. The van der Waals surface area contributed by atoms with Crippen molar-refractivity contribution < 1.29 is 0 Å². The maximum absolute atomic E-state index is 4.31. The number of rotatable bonds is 10. The second-order valence-corrected chi connectivity index (χ2v) is 5.24. The highest BCUT2D eigenvalue weighted by molar-refractivity contribution is 5.06. The largest absolute Gasteiger partial charge is 0.270 e. The van der Waals surface area contributed by atoms with Crippen molar-refractivity contribution in [1.82, 2.24) is 5.01 Å². The Morgan fingerprint density at radius 2 is 1.89 bits per heavy atom. The van der Waals surface area contributed by atoms with E-state index < -0.39 is 0 Å². The average molecular weight is 251 g/mol. The summed E-state index contributed by atoms with van der Waals surface area (Å²) in [5.74, 6) is 0. The molecule has 0 saturated heterocycles. The van der Waals surface area contributed by atoms with Gasteiger partial charge < -0.3 is 0 Å². The van der Waals surface area contributed by atoms with E-state index in [4.69, 9.17) is 0 Å². The molecule has 0 aliphatic carbocycles. The molecule has 0 aromatic rings. The number of nitrogens with zero attached hydrogens (tertiary/aromatic N) is 3. The minimum atomic E-state index is 0.430. The first kappa shape index (κ1) is 15.2.